The van der Waals surface area contributed by atoms with Crippen LogP contribution in [-0.4, -0.2) is 17.8 Å². The lowest BCUT2D eigenvalue weighted by Gasteiger charge is -2.18. The van der Waals surface area contributed by atoms with Gasteiger partial charge in [0.1, 0.15) is 13.2 Å². The molecular weight excluding hydrogens is 352 g/mol. The summed E-state index contributed by atoms with van der Waals surface area (Å²) in [5, 5.41) is 0.825. The van der Waals surface area contributed by atoms with Gasteiger partial charge in [-0.05, 0) is 44.5 Å². The monoisotopic (exact) mass is 384 g/mol. The number of aromatic nitrogens is 1. The second kappa shape index (κ2) is 10.6. The zero-order chi connectivity index (χ0) is 20.5. The summed E-state index contributed by atoms with van der Waals surface area (Å²) in [5.41, 5.74) is 8.36. The van der Waals surface area contributed by atoms with E-state index in [2.05, 4.69) is 13.5 Å². The van der Waals surface area contributed by atoms with Gasteiger partial charge in [0, 0.05) is 17.6 Å². The van der Waals surface area contributed by atoms with E-state index in [1.54, 1.807) is 10.6 Å². The number of pyridine rings is 1. The van der Waals surface area contributed by atoms with E-state index in [4.69, 9.17) is 15.2 Å². The first-order chi connectivity index (χ1) is 13.5. The Kier molecular flexibility index (Phi) is 8.18. The fraction of sp³-hybridized carbons (Fsp3) is 0.435. The molecule has 0 atom stereocenters. The van der Waals surface area contributed by atoms with Crippen LogP contribution in [0, 0.1) is 0 Å². The van der Waals surface area contributed by atoms with E-state index in [0.717, 1.165) is 42.2 Å². The van der Waals surface area contributed by atoms with Crippen molar-refractivity contribution in [3.05, 3.63) is 52.9 Å². The van der Waals surface area contributed by atoms with Crippen LogP contribution in [0.1, 0.15) is 46.5 Å². The van der Waals surface area contributed by atoms with Crippen LogP contribution in [0.15, 0.2) is 47.3 Å². The Labute approximate surface area is 167 Å². The third-order valence-corrected chi connectivity index (χ3v) is 4.50. The van der Waals surface area contributed by atoms with E-state index in [9.17, 15) is 4.79 Å². The Balaban J connectivity index is 2.59. The molecule has 152 valence electrons. The number of rotatable bonds is 11. The highest BCUT2D eigenvalue weighted by Gasteiger charge is 2.19. The van der Waals surface area contributed by atoms with Crippen LogP contribution in [0.2, 0.25) is 0 Å². The number of ether oxygens (including phenoxy) is 2. The predicted octanol–water partition coefficient (Wildman–Crippen LogP) is 5.07. The molecule has 0 aliphatic carbocycles. The maximum atomic E-state index is 13.2. The van der Waals surface area contributed by atoms with E-state index < -0.39 is 0 Å². The van der Waals surface area contributed by atoms with Gasteiger partial charge in [-0.15, -0.1) is 0 Å². The van der Waals surface area contributed by atoms with Gasteiger partial charge in [0.2, 0.25) is 5.75 Å². The van der Waals surface area contributed by atoms with Crippen molar-refractivity contribution in [2.75, 3.05) is 18.9 Å². The molecule has 0 saturated carbocycles. The summed E-state index contributed by atoms with van der Waals surface area (Å²) in [6.45, 7) is 11.1. The van der Waals surface area contributed by atoms with Crippen LogP contribution in [0.3, 0.4) is 0 Å². The van der Waals surface area contributed by atoms with Crippen LogP contribution in [0.4, 0.5) is 5.69 Å². The normalized spacial score (nSPS) is 10.7. The number of nitrogens with zero attached hydrogens (tertiary/aromatic N) is 1. The van der Waals surface area contributed by atoms with Crippen molar-refractivity contribution >= 4 is 16.6 Å². The zero-order valence-corrected chi connectivity index (χ0v) is 17.3. The summed E-state index contributed by atoms with van der Waals surface area (Å²) < 4.78 is 13.5. The van der Waals surface area contributed by atoms with Gasteiger partial charge >= 0.3 is 0 Å². The molecule has 0 spiro atoms. The highest BCUT2D eigenvalue weighted by Crippen LogP contribution is 2.34. The number of nitrogen functional groups attached to an aromatic ring is 1. The number of hydrogen-bond donors (Lipinski definition) is 1. The Hall–Kier alpha value is -2.69. The third kappa shape index (κ3) is 5.41. The smallest absolute Gasteiger partial charge is 0.297 e. The van der Waals surface area contributed by atoms with E-state index >= 15 is 0 Å². The fourth-order valence-corrected chi connectivity index (χ4v) is 3.04. The second-order valence-corrected chi connectivity index (χ2v) is 7.14. The minimum Gasteiger partial charge on any atom is -0.485 e. The van der Waals surface area contributed by atoms with Crippen LogP contribution < -0.4 is 20.8 Å². The van der Waals surface area contributed by atoms with Crippen molar-refractivity contribution in [3.8, 4) is 11.5 Å². The minimum atomic E-state index is -0.191. The number of hydrogen-bond acceptors (Lipinski definition) is 4. The summed E-state index contributed by atoms with van der Waals surface area (Å²) in [5.74, 6) is 0.693. The molecule has 1 heterocycles. The van der Waals surface area contributed by atoms with E-state index in [-0.39, 0.29) is 17.9 Å². The second-order valence-electron chi connectivity index (χ2n) is 7.14. The maximum Gasteiger partial charge on any atom is 0.297 e. The van der Waals surface area contributed by atoms with Gasteiger partial charge < -0.3 is 19.8 Å². The van der Waals surface area contributed by atoms with Crippen molar-refractivity contribution in [3.63, 3.8) is 0 Å². The van der Waals surface area contributed by atoms with Crippen molar-refractivity contribution in [2.45, 2.75) is 53.0 Å². The largest absolute Gasteiger partial charge is 0.485 e. The quantitative estimate of drug-likeness (QED) is 0.333. The zero-order valence-electron chi connectivity index (χ0n) is 17.3. The molecule has 2 aromatic rings. The van der Waals surface area contributed by atoms with Gasteiger partial charge in [0.25, 0.3) is 5.56 Å². The number of aryl methyl sites for hydroxylation is 1. The number of anilines is 1. The number of benzene rings is 1. The lowest BCUT2D eigenvalue weighted by molar-refractivity contribution is 0.304. The fourth-order valence-electron chi connectivity index (χ4n) is 3.04. The molecule has 0 bridgehead atoms. The summed E-state index contributed by atoms with van der Waals surface area (Å²) in [7, 11) is 0. The average molecular weight is 385 g/mol. The molecule has 1 aromatic heterocycles. The van der Waals surface area contributed by atoms with Gasteiger partial charge in [-0.1, -0.05) is 44.4 Å². The molecular formula is C23H32N2O3. The van der Waals surface area contributed by atoms with Crippen molar-refractivity contribution < 1.29 is 9.47 Å². The Morgan fingerprint density at radius 3 is 2.57 bits per heavy atom. The molecule has 2 rings (SSSR count). The number of unbranched alkanes of at least 4 members (excludes halogenated alkanes) is 3. The molecule has 0 radical (unpaired) electrons. The summed E-state index contributed by atoms with van der Waals surface area (Å²) in [6, 6.07) is 5.55. The number of fused-ring (bicyclic) bond motifs is 1. The third-order valence-electron chi connectivity index (χ3n) is 4.50. The summed E-state index contributed by atoms with van der Waals surface area (Å²) >= 11 is 0. The van der Waals surface area contributed by atoms with Crippen LogP contribution in [0.25, 0.3) is 10.9 Å². The van der Waals surface area contributed by atoms with Gasteiger partial charge in [0.05, 0.1) is 5.52 Å². The molecule has 0 amide bonds. The maximum absolute atomic E-state index is 13.2. The summed E-state index contributed by atoms with van der Waals surface area (Å²) in [6.07, 6.45) is 7.89. The Bertz CT molecular complexity index is 893. The van der Waals surface area contributed by atoms with E-state index in [1.165, 1.54) is 0 Å². The number of allylic oxidation sites excluding steroid dienone is 1. The molecule has 5 nitrogen and oxygen atoms in total. The van der Waals surface area contributed by atoms with Gasteiger partial charge in [-0.25, -0.2) is 0 Å². The highest BCUT2D eigenvalue weighted by atomic mass is 16.5. The summed E-state index contributed by atoms with van der Waals surface area (Å²) in [4.78, 5) is 13.2. The van der Waals surface area contributed by atoms with Crippen molar-refractivity contribution in [2.24, 2.45) is 0 Å². The standard InChI is InChI=1S/C23H32N2O3/c1-5-7-8-9-13-25-20-16-18(24)10-11-19(20)21(28-15-12-17(3)4)22(23(25)26)27-14-6-2/h6,10-12,16H,2,5,7-9,13-15,24H2,1,3-4H3. The van der Waals surface area contributed by atoms with Crippen LogP contribution >= 0.6 is 0 Å². The topological polar surface area (TPSA) is 66.5 Å². The van der Waals surface area contributed by atoms with Crippen molar-refractivity contribution in [1.29, 1.82) is 0 Å². The average Bonchev–Trinajstić information content (AvgIpc) is 2.66. The number of nitrogens with two attached hydrogens (primary N) is 1. The molecule has 2 N–H and O–H groups in total. The molecule has 0 fully saturated rings. The van der Waals surface area contributed by atoms with Gasteiger partial charge in [-0.2, -0.15) is 0 Å². The predicted molar refractivity (Wildman–Crippen MR) is 117 cm³/mol. The van der Waals surface area contributed by atoms with Crippen LogP contribution in [-0.2, 0) is 6.54 Å². The minimum absolute atomic E-state index is 0.191. The molecule has 0 aliphatic heterocycles. The molecule has 1 aromatic carbocycles. The van der Waals surface area contributed by atoms with Crippen LogP contribution in [0.5, 0.6) is 11.5 Å². The van der Waals surface area contributed by atoms with E-state index in [0.29, 0.717) is 24.6 Å². The van der Waals surface area contributed by atoms with Gasteiger partial charge in [-0.3, -0.25) is 4.79 Å². The van der Waals surface area contributed by atoms with E-state index in [1.807, 2.05) is 38.1 Å². The molecule has 0 unspecified atom stereocenters. The first-order valence-corrected chi connectivity index (χ1v) is 9.95. The van der Waals surface area contributed by atoms with Crippen molar-refractivity contribution in [1.82, 2.24) is 4.57 Å². The highest BCUT2D eigenvalue weighted by molar-refractivity contribution is 5.90. The lowest BCUT2D eigenvalue weighted by atomic mass is 10.1. The SMILES string of the molecule is C=CCOc1c(OCC=C(C)C)c2ccc(N)cc2n(CCCCCC)c1=O. The van der Waals surface area contributed by atoms with Gasteiger partial charge in [0.15, 0.2) is 5.75 Å². The lowest BCUT2D eigenvalue weighted by Crippen LogP contribution is -2.24. The molecule has 0 saturated heterocycles. The Morgan fingerprint density at radius 1 is 1.14 bits per heavy atom. The molecule has 28 heavy (non-hydrogen) atoms. The Morgan fingerprint density at radius 2 is 1.89 bits per heavy atom. The molecule has 5 heteroatoms. The first-order valence-electron chi connectivity index (χ1n) is 9.95. The first kappa shape index (κ1) is 21.6. The molecule has 0 aliphatic rings.